The second-order valence-corrected chi connectivity index (χ2v) is 5.60. The van der Waals surface area contributed by atoms with Gasteiger partial charge >= 0.3 is 0 Å². The Hall–Kier alpha value is -2.62. The molecule has 0 aliphatic rings. The molecule has 0 saturated carbocycles. The molecule has 1 aromatic heterocycles. The maximum Gasteiger partial charge on any atom is 0.229 e. The number of amides is 1. The van der Waals surface area contributed by atoms with Crippen molar-refractivity contribution in [3.8, 4) is 0 Å². The Labute approximate surface area is 135 Å². The maximum atomic E-state index is 12.7. The van der Waals surface area contributed by atoms with E-state index in [2.05, 4.69) is 12.1 Å². The van der Waals surface area contributed by atoms with Crippen molar-refractivity contribution >= 4 is 16.9 Å². The Bertz CT molecular complexity index is 780. The summed E-state index contributed by atoms with van der Waals surface area (Å²) in [6.45, 7) is 3.45. The molecule has 0 aliphatic heterocycles. The highest BCUT2D eigenvalue weighted by Gasteiger charge is 2.17. The average molecular weight is 308 g/mol. The molecule has 3 rings (SSSR count). The molecule has 0 unspecified atom stereocenters. The van der Waals surface area contributed by atoms with Gasteiger partial charge in [-0.1, -0.05) is 54.5 Å². The van der Waals surface area contributed by atoms with E-state index in [1.54, 1.807) is 0 Å². The van der Waals surface area contributed by atoms with Crippen molar-refractivity contribution in [1.29, 1.82) is 0 Å². The third-order valence-corrected chi connectivity index (χ3v) is 3.83. The zero-order chi connectivity index (χ0) is 16.1. The van der Waals surface area contributed by atoms with E-state index in [9.17, 15) is 4.79 Å². The quantitative estimate of drug-likeness (QED) is 0.695. The van der Waals surface area contributed by atoms with Gasteiger partial charge in [0.25, 0.3) is 0 Å². The molecule has 2 aromatic carbocycles. The fourth-order valence-corrected chi connectivity index (χ4v) is 2.69. The molecule has 0 fully saturated rings. The number of fused-ring (bicyclic) bond motifs is 1. The number of benzene rings is 2. The third kappa shape index (κ3) is 3.59. The molecule has 1 amide bonds. The number of hydrogen-bond acceptors (Lipinski definition) is 3. The van der Waals surface area contributed by atoms with Crippen LogP contribution in [0.4, 0.5) is 0 Å². The first-order valence-electron chi connectivity index (χ1n) is 7.93. The van der Waals surface area contributed by atoms with E-state index in [-0.39, 0.29) is 12.3 Å². The molecule has 0 atom stereocenters. The lowest BCUT2D eigenvalue weighted by atomic mass is 10.1. The minimum Gasteiger partial charge on any atom is -0.356 e. The van der Waals surface area contributed by atoms with Gasteiger partial charge in [0.15, 0.2) is 5.58 Å². The van der Waals surface area contributed by atoms with Crippen molar-refractivity contribution in [2.24, 2.45) is 0 Å². The smallest absolute Gasteiger partial charge is 0.229 e. The summed E-state index contributed by atoms with van der Waals surface area (Å²) in [7, 11) is 0. The number of aromatic nitrogens is 1. The molecule has 0 spiro atoms. The minimum absolute atomic E-state index is 0.0785. The largest absolute Gasteiger partial charge is 0.356 e. The molecule has 0 bridgehead atoms. The Morgan fingerprint density at radius 1 is 1.09 bits per heavy atom. The van der Waals surface area contributed by atoms with E-state index in [1.807, 2.05) is 59.5 Å². The first-order valence-corrected chi connectivity index (χ1v) is 7.93. The van der Waals surface area contributed by atoms with E-state index >= 15 is 0 Å². The van der Waals surface area contributed by atoms with Crippen molar-refractivity contribution in [2.45, 2.75) is 26.3 Å². The van der Waals surface area contributed by atoms with Crippen molar-refractivity contribution < 1.29 is 9.32 Å². The Kier molecular flexibility index (Phi) is 4.71. The highest BCUT2D eigenvalue weighted by Crippen LogP contribution is 2.19. The molecule has 23 heavy (non-hydrogen) atoms. The van der Waals surface area contributed by atoms with Crippen LogP contribution >= 0.6 is 0 Å². The van der Waals surface area contributed by atoms with Crippen molar-refractivity contribution in [2.75, 3.05) is 6.54 Å². The third-order valence-electron chi connectivity index (χ3n) is 3.83. The van der Waals surface area contributed by atoms with E-state index in [4.69, 9.17) is 4.52 Å². The number of hydrogen-bond donors (Lipinski definition) is 0. The predicted octanol–water partition coefficient (Wildman–Crippen LogP) is 3.81. The number of carbonyl (C=O) groups is 1. The van der Waals surface area contributed by atoms with Gasteiger partial charge in [-0.25, -0.2) is 0 Å². The maximum absolute atomic E-state index is 12.7. The number of para-hydroxylation sites is 1. The van der Waals surface area contributed by atoms with E-state index in [0.29, 0.717) is 12.2 Å². The first kappa shape index (κ1) is 15.3. The Morgan fingerprint density at radius 2 is 1.83 bits per heavy atom. The van der Waals surface area contributed by atoms with Crippen LogP contribution in [-0.2, 0) is 17.8 Å². The lowest BCUT2D eigenvalue weighted by molar-refractivity contribution is -0.131. The van der Waals surface area contributed by atoms with E-state index < -0.39 is 0 Å². The molecular weight excluding hydrogens is 288 g/mol. The molecule has 1 heterocycles. The van der Waals surface area contributed by atoms with Gasteiger partial charge in [0.1, 0.15) is 5.69 Å². The summed E-state index contributed by atoms with van der Waals surface area (Å²) in [6.07, 6.45) is 1.20. The Morgan fingerprint density at radius 3 is 2.61 bits per heavy atom. The van der Waals surface area contributed by atoms with Crippen LogP contribution < -0.4 is 0 Å². The zero-order valence-electron chi connectivity index (χ0n) is 13.2. The summed E-state index contributed by atoms with van der Waals surface area (Å²) in [6, 6.07) is 17.7. The minimum atomic E-state index is 0.0785. The molecule has 3 aromatic rings. The fraction of sp³-hybridized carbons (Fsp3) is 0.263. The number of rotatable bonds is 6. The lowest BCUT2D eigenvalue weighted by Crippen LogP contribution is -2.32. The normalized spacial score (nSPS) is 10.8. The zero-order valence-corrected chi connectivity index (χ0v) is 13.2. The summed E-state index contributed by atoms with van der Waals surface area (Å²) in [5.41, 5.74) is 2.57. The summed E-state index contributed by atoms with van der Waals surface area (Å²) in [4.78, 5) is 14.6. The van der Waals surface area contributed by atoms with Crippen LogP contribution in [0.3, 0.4) is 0 Å². The first-order chi connectivity index (χ1) is 11.3. The van der Waals surface area contributed by atoms with Gasteiger partial charge in [-0.3, -0.25) is 4.79 Å². The van der Waals surface area contributed by atoms with Gasteiger partial charge in [-0.2, -0.15) is 0 Å². The topological polar surface area (TPSA) is 46.3 Å². The van der Waals surface area contributed by atoms with Crippen molar-refractivity contribution in [3.63, 3.8) is 0 Å². The van der Waals surface area contributed by atoms with Gasteiger partial charge in [0.05, 0.1) is 6.42 Å². The van der Waals surface area contributed by atoms with E-state index in [1.165, 1.54) is 0 Å². The molecular formula is C19H20N2O2. The summed E-state index contributed by atoms with van der Waals surface area (Å²) >= 11 is 0. The summed E-state index contributed by atoms with van der Waals surface area (Å²) in [5.74, 6) is 0.0785. The van der Waals surface area contributed by atoms with Crippen LogP contribution in [-0.4, -0.2) is 22.5 Å². The van der Waals surface area contributed by atoms with Crippen LogP contribution in [0.5, 0.6) is 0 Å². The van der Waals surface area contributed by atoms with Crippen LogP contribution in [0.2, 0.25) is 0 Å². The lowest BCUT2D eigenvalue weighted by Gasteiger charge is -2.22. The highest BCUT2D eigenvalue weighted by molar-refractivity contribution is 5.86. The molecule has 0 radical (unpaired) electrons. The molecule has 4 nitrogen and oxygen atoms in total. The van der Waals surface area contributed by atoms with Crippen molar-refractivity contribution in [3.05, 3.63) is 65.9 Å². The Balaban J connectivity index is 1.76. The molecule has 4 heteroatoms. The number of nitrogens with zero attached hydrogens (tertiary/aromatic N) is 2. The van der Waals surface area contributed by atoms with Crippen LogP contribution in [0, 0.1) is 0 Å². The second-order valence-electron chi connectivity index (χ2n) is 5.60. The van der Waals surface area contributed by atoms with Crippen molar-refractivity contribution in [1.82, 2.24) is 10.1 Å². The van der Waals surface area contributed by atoms with Gasteiger partial charge in [0, 0.05) is 18.5 Å². The SMILES string of the molecule is CCCN(Cc1ccccc1)C(=O)Cc1noc2ccccc12. The molecule has 118 valence electrons. The predicted molar refractivity (Wildman–Crippen MR) is 89.9 cm³/mol. The summed E-state index contributed by atoms with van der Waals surface area (Å²) < 4.78 is 5.29. The monoisotopic (exact) mass is 308 g/mol. The molecule has 0 saturated heterocycles. The van der Waals surface area contributed by atoms with Crippen LogP contribution in [0.1, 0.15) is 24.6 Å². The molecule has 0 aliphatic carbocycles. The van der Waals surface area contributed by atoms with Gasteiger partial charge < -0.3 is 9.42 Å². The average Bonchev–Trinajstić information content (AvgIpc) is 2.99. The molecule has 0 N–H and O–H groups in total. The summed E-state index contributed by atoms with van der Waals surface area (Å²) in [5, 5.41) is 4.98. The van der Waals surface area contributed by atoms with E-state index in [0.717, 1.165) is 29.5 Å². The van der Waals surface area contributed by atoms with Gasteiger partial charge in [-0.15, -0.1) is 0 Å². The fourth-order valence-electron chi connectivity index (χ4n) is 2.69. The van der Waals surface area contributed by atoms with Crippen LogP contribution in [0.15, 0.2) is 59.1 Å². The van der Waals surface area contributed by atoms with Crippen LogP contribution in [0.25, 0.3) is 11.0 Å². The second kappa shape index (κ2) is 7.09. The van der Waals surface area contributed by atoms with Gasteiger partial charge in [-0.05, 0) is 24.1 Å². The standard InChI is InChI=1S/C19H20N2O2/c1-2-12-21(14-15-8-4-3-5-9-15)19(22)13-17-16-10-6-7-11-18(16)23-20-17/h3-11H,2,12-14H2,1H3. The highest BCUT2D eigenvalue weighted by atomic mass is 16.5. The van der Waals surface area contributed by atoms with Gasteiger partial charge in [0.2, 0.25) is 5.91 Å². The number of carbonyl (C=O) groups excluding carboxylic acids is 1.